The predicted molar refractivity (Wildman–Crippen MR) is 78.9 cm³/mol. The first-order chi connectivity index (χ1) is 9.90. The first kappa shape index (κ1) is 15.7. The maximum absolute atomic E-state index is 13.5. The first-order valence-electron chi connectivity index (χ1n) is 7.44. The van der Waals surface area contributed by atoms with Gasteiger partial charge in [-0.25, -0.2) is 8.78 Å². The molecule has 1 aromatic rings. The number of carbonyl (C=O) groups is 1. The van der Waals surface area contributed by atoms with Crippen molar-refractivity contribution in [2.24, 2.45) is 11.8 Å². The molecule has 1 aliphatic rings. The Balaban J connectivity index is 2.13. The largest absolute Gasteiger partial charge is 0.394 e. The zero-order chi connectivity index (χ0) is 15.6. The minimum Gasteiger partial charge on any atom is -0.394 e. The van der Waals surface area contributed by atoms with Gasteiger partial charge in [0.2, 0.25) is 0 Å². The molecule has 2 rings (SSSR count). The van der Waals surface area contributed by atoms with Crippen molar-refractivity contribution < 1.29 is 13.6 Å². The fourth-order valence-electron chi connectivity index (χ4n) is 2.88. The second kappa shape index (κ2) is 6.41. The van der Waals surface area contributed by atoms with Crippen LogP contribution in [-0.2, 0) is 0 Å². The number of halogens is 2. The Morgan fingerprint density at radius 1 is 1.24 bits per heavy atom. The summed E-state index contributed by atoms with van der Waals surface area (Å²) in [4.78, 5) is 14.1. The molecule has 0 aromatic heterocycles. The maximum atomic E-state index is 13.5. The Hall–Kier alpha value is -1.65. The zero-order valence-electron chi connectivity index (χ0n) is 12.5. The molecule has 1 amide bonds. The summed E-state index contributed by atoms with van der Waals surface area (Å²) in [7, 11) is 0. The third kappa shape index (κ3) is 3.52. The number of nitrogens with zero attached hydrogens (tertiary/aromatic N) is 1. The Morgan fingerprint density at radius 2 is 1.86 bits per heavy atom. The number of benzene rings is 1. The van der Waals surface area contributed by atoms with Crippen molar-refractivity contribution in [3.05, 3.63) is 29.3 Å². The highest BCUT2D eigenvalue weighted by Crippen LogP contribution is 2.26. The Labute approximate surface area is 124 Å². The van der Waals surface area contributed by atoms with Gasteiger partial charge in [0.1, 0.15) is 17.3 Å². The first-order valence-corrected chi connectivity index (χ1v) is 7.44. The predicted octanol–water partition coefficient (Wildman–Crippen LogP) is 3.45. The van der Waals surface area contributed by atoms with Crippen LogP contribution in [0.2, 0.25) is 0 Å². The van der Waals surface area contributed by atoms with Crippen LogP contribution < -0.4 is 5.73 Å². The van der Waals surface area contributed by atoms with Gasteiger partial charge in [0.25, 0.3) is 5.91 Å². The second-order valence-electron chi connectivity index (χ2n) is 6.08. The van der Waals surface area contributed by atoms with E-state index in [1.54, 1.807) is 4.90 Å². The molecule has 1 atom stereocenters. The molecule has 0 saturated carbocycles. The Bertz CT molecular complexity index is 508. The van der Waals surface area contributed by atoms with Crippen LogP contribution in [0.5, 0.6) is 0 Å². The van der Waals surface area contributed by atoms with Gasteiger partial charge in [-0.15, -0.1) is 0 Å². The van der Waals surface area contributed by atoms with E-state index in [4.69, 9.17) is 5.73 Å². The molecule has 116 valence electrons. The third-order valence-electron chi connectivity index (χ3n) is 4.33. The lowest BCUT2D eigenvalue weighted by atomic mass is 9.89. The van der Waals surface area contributed by atoms with Crippen LogP contribution >= 0.6 is 0 Å². The summed E-state index contributed by atoms with van der Waals surface area (Å²) in [5.74, 6) is -0.896. The van der Waals surface area contributed by atoms with Gasteiger partial charge in [0, 0.05) is 18.7 Å². The second-order valence-corrected chi connectivity index (χ2v) is 6.08. The Morgan fingerprint density at radius 3 is 2.43 bits per heavy atom. The van der Waals surface area contributed by atoms with Crippen molar-refractivity contribution >= 4 is 11.6 Å². The van der Waals surface area contributed by atoms with Crippen molar-refractivity contribution in [2.45, 2.75) is 33.1 Å². The molecule has 1 aromatic carbocycles. The number of nitrogens with two attached hydrogens (primary N) is 1. The molecule has 1 heterocycles. The van der Waals surface area contributed by atoms with Gasteiger partial charge in [0.15, 0.2) is 0 Å². The van der Waals surface area contributed by atoms with Crippen LogP contribution in [0.15, 0.2) is 12.1 Å². The fourth-order valence-corrected chi connectivity index (χ4v) is 2.88. The smallest absolute Gasteiger partial charge is 0.254 e. The highest BCUT2D eigenvalue weighted by Gasteiger charge is 2.24. The van der Waals surface area contributed by atoms with E-state index in [1.165, 1.54) is 0 Å². The van der Waals surface area contributed by atoms with Gasteiger partial charge in [-0.1, -0.05) is 13.8 Å². The minimum absolute atomic E-state index is 0.0298. The number of anilines is 1. The molecule has 3 nitrogen and oxygen atoms in total. The van der Waals surface area contributed by atoms with Crippen LogP contribution in [0.25, 0.3) is 0 Å². The lowest BCUT2D eigenvalue weighted by Crippen LogP contribution is -2.32. The maximum Gasteiger partial charge on any atom is 0.254 e. The molecule has 1 fully saturated rings. The topological polar surface area (TPSA) is 46.3 Å². The van der Waals surface area contributed by atoms with E-state index in [2.05, 4.69) is 13.8 Å². The zero-order valence-corrected chi connectivity index (χ0v) is 12.5. The third-order valence-corrected chi connectivity index (χ3v) is 4.33. The summed E-state index contributed by atoms with van der Waals surface area (Å²) in [6.45, 7) is 5.64. The molecule has 1 aliphatic heterocycles. The lowest BCUT2D eigenvalue weighted by molar-refractivity contribution is 0.0758. The molecule has 21 heavy (non-hydrogen) atoms. The molecule has 1 saturated heterocycles. The number of likely N-dealkylation sites (tertiary alicyclic amines) is 1. The number of hydrogen-bond donors (Lipinski definition) is 1. The van der Waals surface area contributed by atoms with E-state index in [-0.39, 0.29) is 11.5 Å². The molecule has 1 unspecified atom stereocenters. The Kier molecular flexibility index (Phi) is 4.80. The molecule has 5 heteroatoms. The van der Waals surface area contributed by atoms with Gasteiger partial charge >= 0.3 is 0 Å². The molecule has 0 spiro atoms. The van der Waals surface area contributed by atoms with E-state index in [0.717, 1.165) is 31.4 Å². The monoisotopic (exact) mass is 296 g/mol. The van der Waals surface area contributed by atoms with Crippen LogP contribution in [0.4, 0.5) is 14.5 Å². The van der Waals surface area contributed by atoms with Crippen LogP contribution in [-0.4, -0.2) is 23.9 Å². The molecular weight excluding hydrogens is 274 g/mol. The van der Waals surface area contributed by atoms with Crippen LogP contribution in [0, 0.1) is 23.5 Å². The fraction of sp³-hybridized carbons (Fsp3) is 0.562. The average molecular weight is 296 g/mol. The summed E-state index contributed by atoms with van der Waals surface area (Å²) >= 11 is 0. The molecule has 0 aliphatic carbocycles. The van der Waals surface area contributed by atoms with Crippen molar-refractivity contribution in [1.29, 1.82) is 0 Å². The van der Waals surface area contributed by atoms with Crippen molar-refractivity contribution in [1.82, 2.24) is 4.90 Å². The van der Waals surface area contributed by atoms with E-state index in [9.17, 15) is 13.6 Å². The number of nitrogen functional groups attached to an aromatic ring is 1. The van der Waals surface area contributed by atoms with E-state index in [0.29, 0.717) is 24.9 Å². The highest BCUT2D eigenvalue weighted by atomic mass is 19.1. The van der Waals surface area contributed by atoms with Gasteiger partial charge in [-0.2, -0.15) is 0 Å². The van der Waals surface area contributed by atoms with Crippen molar-refractivity contribution in [3.8, 4) is 0 Å². The molecule has 2 N–H and O–H groups in total. The summed E-state index contributed by atoms with van der Waals surface area (Å²) in [6, 6.07) is 2.04. The van der Waals surface area contributed by atoms with E-state index < -0.39 is 17.3 Å². The number of rotatable bonds is 2. The van der Waals surface area contributed by atoms with Gasteiger partial charge in [0.05, 0.1) is 0 Å². The van der Waals surface area contributed by atoms with Gasteiger partial charge in [-0.3, -0.25) is 4.79 Å². The molecule has 0 bridgehead atoms. The van der Waals surface area contributed by atoms with Crippen molar-refractivity contribution in [3.63, 3.8) is 0 Å². The van der Waals surface area contributed by atoms with Gasteiger partial charge in [-0.05, 0) is 43.2 Å². The normalized spacial score (nSPS) is 19.7. The van der Waals surface area contributed by atoms with Crippen molar-refractivity contribution in [2.75, 3.05) is 18.8 Å². The lowest BCUT2D eigenvalue weighted by Gasteiger charge is -2.22. The van der Waals surface area contributed by atoms with E-state index in [1.807, 2.05) is 0 Å². The molecular formula is C16H22F2N2O. The van der Waals surface area contributed by atoms with Gasteiger partial charge < -0.3 is 10.6 Å². The van der Waals surface area contributed by atoms with Crippen LogP contribution in [0.1, 0.15) is 43.5 Å². The number of hydrogen-bond acceptors (Lipinski definition) is 2. The highest BCUT2D eigenvalue weighted by molar-refractivity contribution is 5.94. The number of carbonyl (C=O) groups excluding carboxylic acids is 1. The van der Waals surface area contributed by atoms with E-state index >= 15 is 0 Å². The average Bonchev–Trinajstić information content (AvgIpc) is 2.69. The minimum atomic E-state index is -0.881. The summed E-state index contributed by atoms with van der Waals surface area (Å²) < 4.78 is 27.0. The number of amides is 1. The standard InChI is InChI=1S/C16H22F2N2O/c1-10(2)11-4-3-6-20(7-5-11)16(21)12-8-13(17)15(19)14(18)9-12/h8-11H,3-7,19H2,1-2H3. The summed E-state index contributed by atoms with van der Waals surface area (Å²) in [5.41, 5.74) is 4.72. The molecule has 0 radical (unpaired) electrons. The van der Waals surface area contributed by atoms with Crippen LogP contribution in [0.3, 0.4) is 0 Å². The SMILES string of the molecule is CC(C)C1CCCN(C(=O)c2cc(F)c(N)c(F)c2)CC1. The summed E-state index contributed by atoms with van der Waals surface area (Å²) in [5, 5.41) is 0. The quantitative estimate of drug-likeness (QED) is 0.850. The summed E-state index contributed by atoms with van der Waals surface area (Å²) in [6.07, 6.45) is 2.95.